The van der Waals surface area contributed by atoms with Crippen LogP contribution in [0.2, 0.25) is 0 Å². The lowest BCUT2D eigenvalue weighted by atomic mass is 9.93. The number of likely N-dealkylation sites (tertiary alicyclic amines) is 1. The van der Waals surface area contributed by atoms with Crippen LogP contribution in [0.1, 0.15) is 17.0 Å². The van der Waals surface area contributed by atoms with E-state index in [9.17, 15) is 13.2 Å². The Labute approximate surface area is 116 Å². The van der Waals surface area contributed by atoms with E-state index >= 15 is 0 Å². The molecular weight excluding hydrogens is 269 g/mol. The summed E-state index contributed by atoms with van der Waals surface area (Å²) in [5, 5.41) is 0. The number of nitrogens with two attached hydrogens (primary N) is 1. The zero-order valence-electron chi connectivity index (χ0n) is 11.4. The fourth-order valence-corrected chi connectivity index (χ4v) is 2.61. The zero-order chi connectivity index (χ0) is 14.8. The minimum atomic E-state index is -4.31. The van der Waals surface area contributed by atoms with Gasteiger partial charge in [0.05, 0.1) is 12.2 Å². The molecule has 1 aromatic carbocycles. The number of ether oxygens (including phenoxy) is 1. The number of halogens is 3. The van der Waals surface area contributed by atoms with E-state index in [1.807, 2.05) is 0 Å². The molecule has 0 amide bonds. The molecular formula is C14H19F3N2O. The van der Waals surface area contributed by atoms with Crippen molar-refractivity contribution in [3.8, 4) is 0 Å². The highest BCUT2D eigenvalue weighted by molar-refractivity contribution is 5.30. The van der Waals surface area contributed by atoms with Gasteiger partial charge in [-0.05, 0) is 11.6 Å². The zero-order valence-corrected chi connectivity index (χ0v) is 11.4. The topological polar surface area (TPSA) is 38.5 Å². The predicted molar refractivity (Wildman–Crippen MR) is 70.5 cm³/mol. The van der Waals surface area contributed by atoms with Gasteiger partial charge in [-0.2, -0.15) is 13.2 Å². The summed E-state index contributed by atoms with van der Waals surface area (Å²) >= 11 is 0. The van der Waals surface area contributed by atoms with E-state index in [1.165, 1.54) is 12.1 Å². The fourth-order valence-electron chi connectivity index (χ4n) is 2.61. The largest absolute Gasteiger partial charge is 0.416 e. The molecule has 0 spiro atoms. The molecule has 1 aliphatic rings. The second kappa shape index (κ2) is 6.11. The molecule has 1 aromatic rings. The van der Waals surface area contributed by atoms with Crippen LogP contribution in [0, 0.1) is 0 Å². The smallest absolute Gasteiger partial charge is 0.383 e. The van der Waals surface area contributed by atoms with Crippen LogP contribution < -0.4 is 5.73 Å². The Morgan fingerprint density at radius 3 is 2.75 bits per heavy atom. The third-order valence-corrected chi connectivity index (χ3v) is 3.69. The maximum atomic E-state index is 12.7. The quantitative estimate of drug-likeness (QED) is 0.922. The molecule has 2 N–H and O–H groups in total. The van der Waals surface area contributed by atoms with Crippen LogP contribution in [0.4, 0.5) is 13.2 Å². The predicted octanol–water partition coefficient (Wildman–Crippen LogP) is 2.08. The molecule has 0 aliphatic carbocycles. The SMILES string of the molecule is COCCN1C[C@@H](N)[C@H](c2cccc(C(F)(F)F)c2)C1. The average molecular weight is 288 g/mol. The van der Waals surface area contributed by atoms with E-state index in [-0.39, 0.29) is 12.0 Å². The standard InChI is InChI=1S/C14H19F3N2O/c1-20-6-5-19-8-12(13(18)9-19)10-3-2-4-11(7-10)14(15,16)17/h2-4,7,12-13H,5-6,8-9,18H2,1H3/t12-,13+/m0/s1. The normalized spacial score (nSPS) is 24.2. The molecule has 20 heavy (non-hydrogen) atoms. The molecule has 1 aliphatic heterocycles. The average Bonchev–Trinajstić information content (AvgIpc) is 2.77. The van der Waals surface area contributed by atoms with Gasteiger partial charge in [0.15, 0.2) is 0 Å². The molecule has 6 heteroatoms. The number of alkyl halides is 3. The monoisotopic (exact) mass is 288 g/mol. The lowest BCUT2D eigenvalue weighted by molar-refractivity contribution is -0.137. The van der Waals surface area contributed by atoms with Crippen LogP contribution >= 0.6 is 0 Å². The van der Waals surface area contributed by atoms with E-state index in [0.717, 1.165) is 12.6 Å². The molecule has 1 fully saturated rings. The fraction of sp³-hybridized carbons (Fsp3) is 0.571. The minimum Gasteiger partial charge on any atom is -0.383 e. The van der Waals surface area contributed by atoms with E-state index in [0.29, 0.717) is 25.3 Å². The van der Waals surface area contributed by atoms with Gasteiger partial charge in [0, 0.05) is 38.7 Å². The van der Waals surface area contributed by atoms with Crippen molar-refractivity contribution in [1.29, 1.82) is 0 Å². The van der Waals surface area contributed by atoms with E-state index in [4.69, 9.17) is 10.5 Å². The van der Waals surface area contributed by atoms with Crippen LogP contribution in [0.3, 0.4) is 0 Å². The number of nitrogens with zero attached hydrogens (tertiary/aromatic N) is 1. The number of hydrogen-bond donors (Lipinski definition) is 1. The maximum Gasteiger partial charge on any atom is 0.416 e. The highest BCUT2D eigenvalue weighted by atomic mass is 19.4. The second-order valence-electron chi connectivity index (χ2n) is 5.15. The van der Waals surface area contributed by atoms with Gasteiger partial charge in [-0.15, -0.1) is 0 Å². The van der Waals surface area contributed by atoms with Gasteiger partial charge in [0.25, 0.3) is 0 Å². The Kier molecular flexibility index (Phi) is 4.67. The van der Waals surface area contributed by atoms with Crippen molar-refractivity contribution in [3.05, 3.63) is 35.4 Å². The molecule has 112 valence electrons. The highest BCUT2D eigenvalue weighted by Gasteiger charge is 2.34. The van der Waals surface area contributed by atoms with Crippen molar-refractivity contribution in [2.24, 2.45) is 5.73 Å². The molecule has 0 radical (unpaired) electrons. The summed E-state index contributed by atoms with van der Waals surface area (Å²) in [7, 11) is 1.63. The minimum absolute atomic E-state index is 0.0610. The van der Waals surface area contributed by atoms with Gasteiger partial charge in [0.2, 0.25) is 0 Å². The number of benzene rings is 1. The molecule has 0 unspecified atom stereocenters. The van der Waals surface area contributed by atoms with Crippen LogP contribution in [-0.2, 0) is 10.9 Å². The Balaban J connectivity index is 2.12. The van der Waals surface area contributed by atoms with E-state index < -0.39 is 11.7 Å². The first kappa shape index (κ1) is 15.3. The molecule has 1 saturated heterocycles. The van der Waals surface area contributed by atoms with Crippen molar-refractivity contribution < 1.29 is 17.9 Å². The molecule has 0 saturated carbocycles. The van der Waals surface area contributed by atoms with Gasteiger partial charge in [-0.3, -0.25) is 4.90 Å². The van der Waals surface area contributed by atoms with Crippen molar-refractivity contribution >= 4 is 0 Å². The van der Waals surface area contributed by atoms with Crippen LogP contribution in [0.15, 0.2) is 24.3 Å². The Morgan fingerprint density at radius 2 is 2.10 bits per heavy atom. The highest BCUT2D eigenvalue weighted by Crippen LogP contribution is 2.33. The first-order valence-electron chi connectivity index (χ1n) is 6.56. The lowest BCUT2D eigenvalue weighted by Crippen LogP contribution is -2.30. The summed E-state index contributed by atoms with van der Waals surface area (Å²) < 4.78 is 43.2. The maximum absolute atomic E-state index is 12.7. The first-order chi connectivity index (χ1) is 9.41. The molecule has 1 heterocycles. The summed E-state index contributed by atoms with van der Waals surface area (Å²) in [6.07, 6.45) is -4.31. The third kappa shape index (κ3) is 3.50. The van der Waals surface area contributed by atoms with E-state index in [2.05, 4.69) is 4.90 Å². The van der Waals surface area contributed by atoms with Gasteiger partial charge in [0.1, 0.15) is 0 Å². The first-order valence-corrected chi connectivity index (χ1v) is 6.56. The molecule has 3 nitrogen and oxygen atoms in total. The number of hydrogen-bond acceptors (Lipinski definition) is 3. The Morgan fingerprint density at radius 1 is 1.35 bits per heavy atom. The third-order valence-electron chi connectivity index (χ3n) is 3.69. The van der Waals surface area contributed by atoms with Crippen molar-refractivity contribution in [2.45, 2.75) is 18.1 Å². The van der Waals surface area contributed by atoms with Gasteiger partial charge in [-0.25, -0.2) is 0 Å². The Hall–Kier alpha value is -1.11. The second-order valence-corrected chi connectivity index (χ2v) is 5.15. The number of rotatable bonds is 4. The lowest BCUT2D eigenvalue weighted by Gasteiger charge is -2.17. The summed E-state index contributed by atoms with van der Waals surface area (Å²) in [4.78, 5) is 2.12. The molecule has 2 rings (SSSR count). The van der Waals surface area contributed by atoms with Crippen molar-refractivity contribution in [1.82, 2.24) is 4.90 Å². The molecule has 2 atom stereocenters. The number of methoxy groups -OCH3 is 1. The Bertz CT molecular complexity index is 450. The molecule has 0 bridgehead atoms. The van der Waals surface area contributed by atoms with Gasteiger partial charge in [-0.1, -0.05) is 18.2 Å². The molecule has 0 aromatic heterocycles. The van der Waals surface area contributed by atoms with Crippen LogP contribution in [0.5, 0.6) is 0 Å². The van der Waals surface area contributed by atoms with E-state index in [1.54, 1.807) is 13.2 Å². The van der Waals surface area contributed by atoms with Crippen molar-refractivity contribution in [2.75, 3.05) is 33.4 Å². The summed E-state index contributed by atoms with van der Waals surface area (Å²) in [6.45, 7) is 2.71. The van der Waals surface area contributed by atoms with Crippen molar-refractivity contribution in [3.63, 3.8) is 0 Å². The van der Waals surface area contributed by atoms with Crippen LogP contribution in [0.25, 0.3) is 0 Å². The summed E-state index contributed by atoms with van der Waals surface area (Å²) in [5.74, 6) is -0.0610. The van der Waals surface area contributed by atoms with Gasteiger partial charge >= 0.3 is 6.18 Å². The summed E-state index contributed by atoms with van der Waals surface area (Å²) in [6, 6.07) is 5.33. The summed E-state index contributed by atoms with van der Waals surface area (Å²) in [5.41, 5.74) is 6.11. The van der Waals surface area contributed by atoms with Gasteiger partial charge < -0.3 is 10.5 Å². The van der Waals surface area contributed by atoms with Crippen LogP contribution in [-0.4, -0.2) is 44.3 Å².